The van der Waals surface area contributed by atoms with E-state index in [2.05, 4.69) is 4.98 Å². The van der Waals surface area contributed by atoms with E-state index < -0.39 is 23.7 Å². The van der Waals surface area contributed by atoms with Crippen LogP contribution < -0.4 is 19.1 Å². The first-order chi connectivity index (χ1) is 19.2. The average molecular weight is 567 g/mol. The van der Waals surface area contributed by atoms with Crippen molar-refractivity contribution in [2.75, 3.05) is 32.3 Å². The molecule has 210 valence electrons. The quantitative estimate of drug-likeness (QED) is 0.155. The zero-order valence-corrected chi connectivity index (χ0v) is 23.7. The van der Waals surface area contributed by atoms with E-state index in [4.69, 9.17) is 18.9 Å². The van der Waals surface area contributed by atoms with E-state index in [1.165, 1.54) is 19.1 Å². The number of amides is 1. The molecule has 2 aromatic carbocycles. The highest BCUT2D eigenvalue weighted by molar-refractivity contribution is 7.17. The van der Waals surface area contributed by atoms with Crippen LogP contribution in [-0.4, -0.2) is 55.2 Å². The van der Waals surface area contributed by atoms with Gasteiger partial charge in [0.05, 0.1) is 44.7 Å². The summed E-state index contributed by atoms with van der Waals surface area (Å²) in [5, 5.41) is 11.5. The first kappa shape index (κ1) is 28.6. The third-order valence-corrected chi connectivity index (χ3v) is 7.35. The van der Waals surface area contributed by atoms with Crippen LogP contribution in [0.1, 0.15) is 52.8 Å². The molecule has 1 saturated heterocycles. The van der Waals surface area contributed by atoms with Crippen molar-refractivity contribution >= 4 is 39.9 Å². The number of methoxy groups -OCH3 is 2. The zero-order chi connectivity index (χ0) is 29.0. The average Bonchev–Trinajstić information content (AvgIpc) is 3.47. The SMILES string of the molecule is CCCOc1ccc(/C(O)=C2\C(=O)C(=O)N(c3nc(C)c(C(=O)OC)s3)C2c2ccc(OCC)c(OC)c2)cc1. The fraction of sp³-hybridized carbons (Fsp3) is 0.310. The van der Waals surface area contributed by atoms with Crippen LogP contribution in [0.3, 0.4) is 0 Å². The van der Waals surface area contributed by atoms with Crippen molar-refractivity contribution in [3.63, 3.8) is 0 Å². The van der Waals surface area contributed by atoms with E-state index in [9.17, 15) is 19.5 Å². The van der Waals surface area contributed by atoms with Crippen LogP contribution in [-0.2, 0) is 14.3 Å². The number of thiazole rings is 1. The Kier molecular flexibility index (Phi) is 8.73. The Morgan fingerprint density at radius 1 is 1.05 bits per heavy atom. The number of ether oxygens (including phenoxy) is 4. The lowest BCUT2D eigenvalue weighted by atomic mass is 9.95. The van der Waals surface area contributed by atoms with Crippen LogP contribution in [0, 0.1) is 6.92 Å². The number of ketones is 1. The van der Waals surface area contributed by atoms with Crippen molar-refractivity contribution in [2.24, 2.45) is 0 Å². The van der Waals surface area contributed by atoms with Gasteiger partial charge in [-0.05, 0) is 62.2 Å². The summed E-state index contributed by atoms with van der Waals surface area (Å²) in [7, 11) is 2.73. The van der Waals surface area contributed by atoms with Crippen molar-refractivity contribution in [2.45, 2.75) is 33.2 Å². The number of aliphatic hydroxyl groups excluding tert-OH is 1. The van der Waals surface area contributed by atoms with E-state index in [0.717, 1.165) is 17.8 Å². The van der Waals surface area contributed by atoms with Gasteiger partial charge in [0.25, 0.3) is 5.78 Å². The summed E-state index contributed by atoms with van der Waals surface area (Å²) in [6.45, 7) is 6.38. The number of carbonyl (C=O) groups excluding carboxylic acids is 3. The molecule has 0 radical (unpaired) electrons. The van der Waals surface area contributed by atoms with Crippen LogP contribution >= 0.6 is 11.3 Å². The summed E-state index contributed by atoms with van der Waals surface area (Å²) >= 11 is 0.924. The number of anilines is 1. The molecule has 3 aromatic rings. The topological polar surface area (TPSA) is 124 Å². The van der Waals surface area contributed by atoms with Gasteiger partial charge in [-0.3, -0.25) is 14.5 Å². The number of aliphatic hydroxyl groups is 1. The molecular formula is C29H30N2O8S. The lowest BCUT2D eigenvalue weighted by molar-refractivity contribution is -0.132. The maximum atomic E-state index is 13.5. The molecule has 11 heteroatoms. The molecule has 0 bridgehead atoms. The standard InChI is InChI=1S/C29H30N2O8S/c1-6-14-39-19-11-8-17(9-12-19)24(32)22-23(18-10-13-20(38-7-2)21(15-18)36-4)31(27(34)25(22)33)29-30-16(3)26(40-29)28(35)37-5/h8-13,15,23,32H,6-7,14H2,1-5H3/b24-22+. The molecule has 40 heavy (non-hydrogen) atoms. The molecule has 0 aliphatic carbocycles. The highest BCUT2D eigenvalue weighted by Crippen LogP contribution is 2.45. The second-order valence-corrected chi connectivity index (χ2v) is 9.77. The number of hydrogen-bond acceptors (Lipinski definition) is 10. The number of nitrogens with zero attached hydrogens (tertiary/aromatic N) is 2. The molecule has 1 fully saturated rings. The Bertz CT molecular complexity index is 1460. The Morgan fingerprint density at radius 2 is 1.77 bits per heavy atom. The molecule has 1 N–H and O–H groups in total. The molecule has 1 amide bonds. The zero-order valence-electron chi connectivity index (χ0n) is 22.8. The first-order valence-electron chi connectivity index (χ1n) is 12.7. The van der Waals surface area contributed by atoms with Crippen LogP contribution in [0.2, 0.25) is 0 Å². The van der Waals surface area contributed by atoms with Gasteiger partial charge in [0, 0.05) is 5.56 Å². The van der Waals surface area contributed by atoms with Gasteiger partial charge in [-0.15, -0.1) is 0 Å². The molecular weight excluding hydrogens is 536 g/mol. The summed E-state index contributed by atoms with van der Waals surface area (Å²) in [5.41, 5.74) is 1.01. The first-order valence-corrected chi connectivity index (χ1v) is 13.5. The predicted molar refractivity (Wildman–Crippen MR) is 149 cm³/mol. The predicted octanol–water partition coefficient (Wildman–Crippen LogP) is 5.06. The van der Waals surface area contributed by atoms with Gasteiger partial charge < -0.3 is 24.1 Å². The normalized spacial score (nSPS) is 16.2. The summed E-state index contributed by atoms with van der Waals surface area (Å²) < 4.78 is 21.6. The number of rotatable bonds is 10. The number of Topliss-reactive ketones (excluding diaryl/α,β-unsaturated/α-hetero) is 1. The smallest absolute Gasteiger partial charge is 0.350 e. The van der Waals surface area contributed by atoms with Gasteiger partial charge in [-0.25, -0.2) is 9.78 Å². The van der Waals surface area contributed by atoms with Crippen molar-refractivity contribution < 1.29 is 38.4 Å². The van der Waals surface area contributed by atoms with Gasteiger partial charge in [0.15, 0.2) is 16.6 Å². The minimum absolute atomic E-state index is 0.111. The molecule has 1 aliphatic heterocycles. The number of hydrogen-bond donors (Lipinski definition) is 1. The van der Waals surface area contributed by atoms with Crippen LogP contribution in [0.25, 0.3) is 5.76 Å². The second kappa shape index (κ2) is 12.2. The van der Waals surface area contributed by atoms with Crippen molar-refractivity contribution in [3.8, 4) is 17.2 Å². The minimum atomic E-state index is -1.07. The van der Waals surface area contributed by atoms with E-state index in [-0.39, 0.29) is 21.3 Å². The van der Waals surface area contributed by atoms with Gasteiger partial charge >= 0.3 is 11.9 Å². The third kappa shape index (κ3) is 5.37. The van der Waals surface area contributed by atoms with Crippen LogP contribution in [0.4, 0.5) is 5.13 Å². The van der Waals surface area contributed by atoms with Gasteiger partial charge in [-0.2, -0.15) is 0 Å². The molecule has 10 nitrogen and oxygen atoms in total. The highest BCUT2D eigenvalue weighted by Gasteiger charge is 2.48. The molecule has 1 aliphatic rings. The van der Waals surface area contributed by atoms with Crippen LogP contribution in [0.15, 0.2) is 48.0 Å². The fourth-order valence-electron chi connectivity index (χ4n) is 4.33. The summed E-state index contributed by atoms with van der Waals surface area (Å²) in [5.74, 6) is -1.29. The summed E-state index contributed by atoms with van der Waals surface area (Å²) in [6.07, 6.45) is 0.838. The second-order valence-electron chi connectivity index (χ2n) is 8.79. The highest BCUT2D eigenvalue weighted by atomic mass is 32.1. The Labute approximate surface area is 235 Å². The fourth-order valence-corrected chi connectivity index (χ4v) is 5.34. The third-order valence-electron chi connectivity index (χ3n) is 6.21. The molecule has 0 saturated carbocycles. The molecule has 1 aromatic heterocycles. The van der Waals surface area contributed by atoms with Crippen molar-refractivity contribution in [1.29, 1.82) is 0 Å². The monoisotopic (exact) mass is 566 g/mol. The Balaban J connectivity index is 1.90. The number of aryl methyl sites for hydroxylation is 1. The number of carbonyl (C=O) groups is 3. The van der Waals surface area contributed by atoms with Crippen LogP contribution in [0.5, 0.6) is 17.2 Å². The van der Waals surface area contributed by atoms with Crippen molar-refractivity contribution in [3.05, 3.63) is 69.7 Å². The Morgan fingerprint density at radius 3 is 2.40 bits per heavy atom. The van der Waals surface area contributed by atoms with Gasteiger partial charge in [0.1, 0.15) is 16.4 Å². The summed E-state index contributed by atoms with van der Waals surface area (Å²) in [6, 6.07) is 10.5. The minimum Gasteiger partial charge on any atom is -0.507 e. The lowest BCUT2D eigenvalue weighted by Crippen LogP contribution is -2.29. The van der Waals surface area contributed by atoms with E-state index in [1.54, 1.807) is 49.4 Å². The molecule has 0 spiro atoms. The number of benzene rings is 2. The van der Waals surface area contributed by atoms with E-state index >= 15 is 0 Å². The van der Waals surface area contributed by atoms with Gasteiger partial charge in [0.2, 0.25) is 0 Å². The maximum absolute atomic E-state index is 13.5. The van der Waals surface area contributed by atoms with Crippen molar-refractivity contribution in [1.82, 2.24) is 4.98 Å². The number of esters is 1. The Hall–Kier alpha value is -4.38. The van der Waals surface area contributed by atoms with E-state index in [1.807, 2.05) is 13.8 Å². The maximum Gasteiger partial charge on any atom is 0.350 e. The molecule has 1 unspecified atom stereocenters. The molecule has 1 atom stereocenters. The van der Waals surface area contributed by atoms with Gasteiger partial charge in [-0.1, -0.05) is 24.3 Å². The molecule has 2 heterocycles. The number of aromatic nitrogens is 1. The lowest BCUT2D eigenvalue weighted by Gasteiger charge is -2.24. The largest absolute Gasteiger partial charge is 0.507 e. The molecule has 4 rings (SSSR count). The summed E-state index contributed by atoms with van der Waals surface area (Å²) in [4.78, 5) is 45.1. The van der Waals surface area contributed by atoms with E-state index in [0.29, 0.717) is 47.3 Å².